The summed E-state index contributed by atoms with van der Waals surface area (Å²) in [4.78, 5) is 59.8. The van der Waals surface area contributed by atoms with E-state index in [1.807, 2.05) is 67.6 Å². The molecule has 1 aromatic heterocycles. The monoisotopic (exact) mass is 662 g/mol. The number of carbonyl (C=O) groups is 4. The number of benzene rings is 3. The molecule has 0 spiro atoms. The Bertz CT molecular complexity index is 1820. The van der Waals surface area contributed by atoms with Gasteiger partial charge in [-0.05, 0) is 60.6 Å². The normalized spacial score (nSPS) is 16.9. The number of amides is 2. The van der Waals surface area contributed by atoms with E-state index in [1.165, 1.54) is 24.4 Å². The highest BCUT2D eigenvalue weighted by molar-refractivity contribution is 6.04. The third-order valence-electron chi connectivity index (χ3n) is 8.30. The summed E-state index contributed by atoms with van der Waals surface area (Å²) in [6.07, 6.45) is 5.22. The van der Waals surface area contributed by atoms with E-state index in [0.717, 1.165) is 30.4 Å². The van der Waals surface area contributed by atoms with Crippen LogP contribution in [0.4, 0.5) is 17.3 Å². The molecule has 49 heavy (non-hydrogen) atoms. The van der Waals surface area contributed by atoms with Crippen molar-refractivity contribution in [1.29, 1.82) is 0 Å². The quantitative estimate of drug-likeness (QED) is 0.109. The molecule has 1 saturated carbocycles. The van der Waals surface area contributed by atoms with Gasteiger partial charge in [0.05, 0.1) is 17.3 Å². The van der Waals surface area contributed by atoms with Crippen molar-refractivity contribution in [2.75, 3.05) is 10.6 Å². The highest BCUT2D eigenvalue weighted by atomic mass is 16.5. The smallest absolute Gasteiger partial charge is 0.339 e. The number of ether oxygens (including phenoxy) is 2. The summed E-state index contributed by atoms with van der Waals surface area (Å²) >= 11 is 0. The minimum atomic E-state index is -0.816. The fourth-order valence-electron chi connectivity index (χ4n) is 5.64. The van der Waals surface area contributed by atoms with E-state index >= 15 is 0 Å². The first kappa shape index (κ1) is 34.3. The molecular weight excluding hydrogens is 624 g/mol. The predicted molar refractivity (Wildman–Crippen MR) is 184 cm³/mol. The molecule has 2 amide bonds. The Balaban J connectivity index is 1.39. The lowest BCUT2D eigenvalue weighted by molar-refractivity contribution is -0.117. The van der Waals surface area contributed by atoms with E-state index in [0.29, 0.717) is 11.5 Å². The molecule has 4 aromatic rings. The first-order valence-electron chi connectivity index (χ1n) is 15.9. The molecule has 12 nitrogen and oxygen atoms in total. The number of esters is 2. The van der Waals surface area contributed by atoms with Crippen LogP contribution in [-0.2, 0) is 27.5 Å². The second-order valence-electron chi connectivity index (χ2n) is 11.7. The topological polar surface area (TPSA) is 175 Å². The van der Waals surface area contributed by atoms with E-state index in [2.05, 4.69) is 32.5 Å². The van der Waals surface area contributed by atoms with Crippen LogP contribution >= 0.6 is 0 Å². The van der Waals surface area contributed by atoms with Crippen LogP contribution in [0.3, 0.4) is 0 Å². The summed E-state index contributed by atoms with van der Waals surface area (Å²) < 4.78 is 11.1. The van der Waals surface area contributed by atoms with Crippen molar-refractivity contribution in [1.82, 2.24) is 15.3 Å². The summed E-state index contributed by atoms with van der Waals surface area (Å²) in [6, 6.07) is 22.6. The highest BCUT2D eigenvalue weighted by Gasteiger charge is 2.31. The van der Waals surface area contributed by atoms with Crippen LogP contribution in [0.1, 0.15) is 68.5 Å². The van der Waals surface area contributed by atoms with E-state index in [-0.39, 0.29) is 59.8 Å². The van der Waals surface area contributed by atoms with Crippen LogP contribution in [0.15, 0.2) is 97.7 Å². The SMILES string of the molecule is C=CC(=O)NC1CCC[C@@H](Nc2cnc(C(N)=O)c(Nc3ccc(C(=O)OCc4ccccc4)c(C(=O)OCc4ccccc4)c3)n2)[C@H]1C. The van der Waals surface area contributed by atoms with Gasteiger partial charge >= 0.3 is 11.9 Å². The van der Waals surface area contributed by atoms with Crippen LogP contribution in [0.25, 0.3) is 0 Å². The molecule has 5 rings (SSSR count). The van der Waals surface area contributed by atoms with Crippen molar-refractivity contribution < 1.29 is 28.7 Å². The number of rotatable bonds is 13. The summed E-state index contributed by atoms with van der Waals surface area (Å²) in [5, 5.41) is 9.40. The van der Waals surface area contributed by atoms with Crippen molar-refractivity contribution in [2.24, 2.45) is 11.7 Å². The number of carbonyl (C=O) groups excluding carboxylic acids is 4. The van der Waals surface area contributed by atoms with Crippen LogP contribution in [0.5, 0.6) is 0 Å². The lowest BCUT2D eigenvalue weighted by Gasteiger charge is -2.37. The number of nitrogens with two attached hydrogens (primary N) is 1. The standard InChI is InChI=1S/C37H38N6O6/c1-3-32(44)42-30-16-10-15-29(23(30)2)41-31-20-39-33(34(38)45)35(43-31)40-26-17-18-27(36(46)48-21-24-11-6-4-7-12-24)28(19-26)37(47)49-22-25-13-8-5-9-14-25/h3-9,11-14,17-20,23,29-30H,1,10,15-16,21-22H2,2H3,(H2,38,45)(H,42,44)(H2,40,41,43)/t23-,29-,30?/m1/s1. The molecule has 0 bridgehead atoms. The maximum atomic E-state index is 13.4. The van der Waals surface area contributed by atoms with E-state index in [4.69, 9.17) is 15.2 Å². The lowest BCUT2D eigenvalue weighted by Crippen LogP contribution is -2.48. The minimum Gasteiger partial charge on any atom is -0.457 e. The Kier molecular flexibility index (Phi) is 11.3. The van der Waals surface area contributed by atoms with Crippen LogP contribution < -0.4 is 21.7 Å². The van der Waals surface area contributed by atoms with Crippen molar-refractivity contribution in [2.45, 2.75) is 51.5 Å². The molecule has 0 radical (unpaired) electrons. The Morgan fingerprint density at radius 2 is 1.49 bits per heavy atom. The third-order valence-corrected chi connectivity index (χ3v) is 8.30. The molecule has 0 saturated heterocycles. The molecular formula is C37H38N6O6. The molecule has 1 aliphatic rings. The van der Waals surface area contributed by atoms with Crippen LogP contribution in [0, 0.1) is 5.92 Å². The molecule has 12 heteroatoms. The fourth-order valence-corrected chi connectivity index (χ4v) is 5.64. The molecule has 3 atom stereocenters. The molecule has 252 valence electrons. The van der Waals surface area contributed by atoms with Gasteiger partial charge in [-0.2, -0.15) is 0 Å². The van der Waals surface area contributed by atoms with Gasteiger partial charge in [0.15, 0.2) is 11.5 Å². The van der Waals surface area contributed by atoms with Crippen LogP contribution in [-0.4, -0.2) is 45.8 Å². The predicted octanol–water partition coefficient (Wildman–Crippen LogP) is 5.30. The zero-order valence-electron chi connectivity index (χ0n) is 27.1. The van der Waals surface area contributed by atoms with Gasteiger partial charge in [0.25, 0.3) is 5.91 Å². The molecule has 1 unspecified atom stereocenters. The Morgan fingerprint density at radius 1 is 0.878 bits per heavy atom. The second kappa shape index (κ2) is 16.2. The number of aromatic nitrogens is 2. The van der Waals surface area contributed by atoms with Gasteiger partial charge in [-0.1, -0.05) is 74.2 Å². The summed E-state index contributed by atoms with van der Waals surface area (Å²) in [7, 11) is 0. The molecule has 1 fully saturated rings. The molecule has 3 aromatic carbocycles. The van der Waals surface area contributed by atoms with Crippen molar-refractivity contribution in [3.8, 4) is 0 Å². The van der Waals surface area contributed by atoms with Gasteiger partial charge in [0, 0.05) is 17.8 Å². The Morgan fingerprint density at radius 3 is 2.10 bits per heavy atom. The zero-order chi connectivity index (χ0) is 34.8. The Hall–Kier alpha value is -6.04. The van der Waals surface area contributed by atoms with E-state index in [1.54, 1.807) is 6.07 Å². The molecule has 1 aliphatic carbocycles. The average Bonchev–Trinajstić information content (AvgIpc) is 3.12. The van der Waals surface area contributed by atoms with Gasteiger partial charge in [0.2, 0.25) is 5.91 Å². The van der Waals surface area contributed by atoms with Gasteiger partial charge in [-0.3, -0.25) is 9.59 Å². The van der Waals surface area contributed by atoms with Gasteiger partial charge < -0.3 is 31.2 Å². The molecule has 5 N–H and O–H groups in total. The number of primary amides is 1. The van der Waals surface area contributed by atoms with Gasteiger partial charge in [-0.15, -0.1) is 0 Å². The minimum absolute atomic E-state index is 0.000514. The first-order valence-corrected chi connectivity index (χ1v) is 15.9. The average molecular weight is 663 g/mol. The second-order valence-corrected chi connectivity index (χ2v) is 11.7. The number of hydrogen-bond acceptors (Lipinski definition) is 10. The van der Waals surface area contributed by atoms with E-state index < -0.39 is 17.8 Å². The molecule has 0 aliphatic heterocycles. The van der Waals surface area contributed by atoms with Crippen LogP contribution in [0.2, 0.25) is 0 Å². The first-order chi connectivity index (χ1) is 23.7. The zero-order valence-corrected chi connectivity index (χ0v) is 27.1. The lowest BCUT2D eigenvalue weighted by atomic mass is 9.81. The summed E-state index contributed by atoms with van der Waals surface area (Å²) in [5.74, 6) is -2.03. The number of hydrogen-bond donors (Lipinski definition) is 4. The largest absolute Gasteiger partial charge is 0.457 e. The highest BCUT2D eigenvalue weighted by Crippen LogP contribution is 2.29. The van der Waals surface area contributed by atoms with Gasteiger partial charge in [0.1, 0.15) is 19.0 Å². The summed E-state index contributed by atoms with van der Waals surface area (Å²) in [6.45, 7) is 5.57. The maximum Gasteiger partial charge on any atom is 0.339 e. The van der Waals surface area contributed by atoms with Crippen molar-refractivity contribution in [3.63, 3.8) is 0 Å². The number of nitrogens with one attached hydrogen (secondary N) is 3. The molecule has 1 heterocycles. The van der Waals surface area contributed by atoms with Crippen molar-refractivity contribution in [3.05, 3.63) is 126 Å². The Labute approximate surface area is 284 Å². The summed E-state index contributed by atoms with van der Waals surface area (Å²) in [5.41, 5.74) is 7.33. The third kappa shape index (κ3) is 9.07. The van der Waals surface area contributed by atoms with Crippen molar-refractivity contribution >= 4 is 41.1 Å². The van der Waals surface area contributed by atoms with E-state index in [9.17, 15) is 19.2 Å². The van der Waals surface area contributed by atoms with Gasteiger partial charge in [-0.25, -0.2) is 19.6 Å². The maximum absolute atomic E-state index is 13.4. The fraction of sp³-hybridized carbons (Fsp3) is 0.243. The number of anilines is 3. The number of nitrogens with zero attached hydrogens (tertiary/aromatic N) is 2.